The Morgan fingerprint density at radius 1 is 1.33 bits per heavy atom. The van der Waals surface area contributed by atoms with Crippen molar-refractivity contribution in [3.05, 3.63) is 36.2 Å². The molecule has 2 aromatic rings. The van der Waals surface area contributed by atoms with Crippen LogP contribution in [0, 0.1) is 0 Å². The van der Waals surface area contributed by atoms with Gasteiger partial charge >= 0.3 is 0 Å². The summed E-state index contributed by atoms with van der Waals surface area (Å²) in [6.45, 7) is 0.612. The zero-order chi connectivity index (χ0) is 14.4. The van der Waals surface area contributed by atoms with E-state index < -0.39 is 10.0 Å². The number of ether oxygens (including phenoxy) is 1. The maximum absolute atomic E-state index is 12.4. The minimum absolute atomic E-state index is 0.255. The zero-order valence-corrected chi connectivity index (χ0v) is 12.1. The number of nitrogens with one attached hydrogen (secondary N) is 1. The first kappa shape index (κ1) is 12.7. The van der Waals surface area contributed by atoms with Crippen molar-refractivity contribution in [2.45, 2.75) is 30.2 Å². The Kier molecular flexibility index (Phi) is 2.72. The summed E-state index contributed by atoms with van der Waals surface area (Å²) in [6, 6.07) is 5.39. The van der Waals surface area contributed by atoms with Crippen molar-refractivity contribution < 1.29 is 13.2 Å². The molecule has 4 rings (SSSR count). The largest absolute Gasteiger partial charge is 0.493 e. The van der Waals surface area contributed by atoms with Gasteiger partial charge in [0.15, 0.2) is 0 Å². The van der Waals surface area contributed by atoms with Crippen molar-refractivity contribution in [1.82, 2.24) is 9.78 Å². The molecule has 1 aromatic heterocycles. The summed E-state index contributed by atoms with van der Waals surface area (Å²) < 4.78 is 34.6. The molecule has 1 aliphatic heterocycles. The molecule has 0 bridgehead atoms. The molecule has 2 aliphatic rings. The highest BCUT2D eigenvalue weighted by atomic mass is 32.2. The van der Waals surface area contributed by atoms with E-state index in [4.69, 9.17) is 4.74 Å². The van der Waals surface area contributed by atoms with Gasteiger partial charge in [-0.05, 0) is 36.6 Å². The van der Waals surface area contributed by atoms with Gasteiger partial charge in [0.05, 0.1) is 29.4 Å². The van der Waals surface area contributed by atoms with Gasteiger partial charge in [0, 0.05) is 12.6 Å². The van der Waals surface area contributed by atoms with E-state index in [1.807, 2.05) is 4.68 Å². The zero-order valence-electron chi connectivity index (χ0n) is 11.3. The van der Waals surface area contributed by atoms with Crippen LogP contribution in [0.1, 0.15) is 24.4 Å². The quantitative estimate of drug-likeness (QED) is 0.937. The first-order valence-corrected chi connectivity index (χ1v) is 8.43. The van der Waals surface area contributed by atoms with Crippen molar-refractivity contribution in [2.24, 2.45) is 0 Å². The van der Waals surface area contributed by atoms with Crippen molar-refractivity contribution >= 4 is 15.7 Å². The Labute approximate surface area is 122 Å². The Balaban J connectivity index is 1.60. The first-order chi connectivity index (χ1) is 10.1. The number of benzene rings is 1. The number of nitrogens with zero attached hydrogens (tertiary/aromatic N) is 2. The molecular formula is C14H15N3O3S. The van der Waals surface area contributed by atoms with Crippen LogP contribution in [-0.2, 0) is 16.4 Å². The summed E-state index contributed by atoms with van der Waals surface area (Å²) in [6.07, 6.45) is 6.26. The summed E-state index contributed by atoms with van der Waals surface area (Å²) in [4.78, 5) is 0.255. The van der Waals surface area contributed by atoms with Crippen LogP contribution in [0.25, 0.3) is 0 Å². The molecule has 21 heavy (non-hydrogen) atoms. The van der Waals surface area contributed by atoms with E-state index in [9.17, 15) is 8.42 Å². The average Bonchev–Trinajstić information content (AvgIpc) is 3.02. The van der Waals surface area contributed by atoms with Gasteiger partial charge in [-0.25, -0.2) is 8.42 Å². The number of hydrogen-bond acceptors (Lipinski definition) is 4. The van der Waals surface area contributed by atoms with E-state index in [1.54, 1.807) is 30.6 Å². The lowest BCUT2D eigenvalue weighted by atomic mass is 10.2. The Morgan fingerprint density at radius 2 is 2.19 bits per heavy atom. The van der Waals surface area contributed by atoms with Gasteiger partial charge in [0.1, 0.15) is 5.75 Å². The Bertz CT molecular complexity index is 794. The highest BCUT2D eigenvalue weighted by Gasteiger charge is 2.25. The van der Waals surface area contributed by atoms with Gasteiger partial charge in [0.25, 0.3) is 10.0 Å². The second kappa shape index (κ2) is 4.49. The van der Waals surface area contributed by atoms with Crippen molar-refractivity contribution in [3.63, 3.8) is 0 Å². The van der Waals surface area contributed by atoms with Gasteiger partial charge in [-0.2, -0.15) is 5.10 Å². The second-order valence-electron chi connectivity index (χ2n) is 5.41. The maximum Gasteiger partial charge on any atom is 0.262 e. The van der Waals surface area contributed by atoms with Gasteiger partial charge in [-0.3, -0.25) is 9.40 Å². The number of aromatic nitrogens is 2. The van der Waals surface area contributed by atoms with Gasteiger partial charge < -0.3 is 4.74 Å². The highest BCUT2D eigenvalue weighted by Crippen LogP contribution is 2.35. The molecular weight excluding hydrogens is 290 g/mol. The first-order valence-electron chi connectivity index (χ1n) is 6.94. The normalized spacial score (nSPS) is 17.3. The van der Waals surface area contributed by atoms with Crippen LogP contribution >= 0.6 is 0 Å². The molecule has 0 spiro atoms. The van der Waals surface area contributed by atoms with Crippen LogP contribution in [0.5, 0.6) is 5.75 Å². The molecule has 110 valence electrons. The lowest BCUT2D eigenvalue weighted by Crippen LogP contribution is -2.12. The predicted octanol–water partition coefficient (Wildman–Crippen LogP) is 1.95. The molecule has 1 fully saturated rings. The van der Waals surface area contributed by atoms with E-state index >= 15 is 0 Å². The minimum Gasteiger partial charge on any atom is -0.493 e. The maximum atomic E-state index is 12.4. The molecule has 1 N–H and O–H groups in total. The van der Waals surface area contributed by atoms with Crippen LogP contribution in [0.4, 0.5) is 5.69 Å². The third-order valence-corrected chi connectivity index (χ3v) is 5.12. The van der Waals surface area contributed by atoms with E-state index in [-0.39, 0.29) is 4.90 Å². The number of anilines is 1. The smallest absolute Gasteiger partial charge is 0.262 e. The van der Waals surface area contributed by atoms with E-state index in [2.05, 4.69) is 9.82 Å². The number of fused-ring (bicyclic) bond motifs is 1. The highest BCUT2D eigenvalue weighted by molar-refractivity contribution is 7.92. The number of rotatable bonds is 4. The van der Waals surface area contributed by atoms with E-state index in [0.29, 0.717) is 18.3 Å². The van der Waals surface area contributed by atoms with Crippen LogP contribution < -0.4 is 9.46 Å². The van der Waals surface area contributed by atoms with Gasteiger partial charge in [-0.1, -0.05) is 0 Å². The molecule has 1 aliphatic carbocycles. The standard InChI is InChI=1S/C14H15N3O3S/c18-21(19,13-3-4-14-10(7-13)5-6-20-14)16-11-8-15-17(9-11)12-1-2-12/h3-4,7-9,12,16H,1-2,5-6H2. The topological polar surface area (TPSA) is 73.2 Å². The average molecular weight is 305 g/mol. The molecule has 0 saturated heterocycles. The molecule has 0 unspecified atom stereocenters. The van der Waals surface area contributed by atoms with E-state index in [0.717, 1.165) is 30.6 Å². The Hall–Kier alpha value is -2.02. The molecule has 2 heterocycles. The van der Waals surface area contributed by atoms with E-state index in [1.165, 1.54) is 0 Å². The summed E-state index contributed by atoms with van der Waals surface area (Å²) in [5.74, 6) is 0.774. The SMILES string of the molecule is O=S(=O)(Nc1cnn(C2CC2)c1)c1ccc2c(c1)CCO2. The fourth-order valence-electron chi connectivity index (χ4n) is 2.47. The molecule has 1 saturated carbocycles. The molecule has 1 aromatic carbocycles. The van der Waals surface area contributed by atoms with Crippen LogP contribution in [0.2, 0.25) is 0 Å². The summed E-state index contributed by atoms with van der Waals surface area (Å²) in [7, 11) is -3.59. The fourth-order valence-corrected chi connectivity index (χ4v) is 3.55. The number of sulfonamides is 1. The fraction of sp³-hybridized carbons (Fsp3) is 0.357. The Morgan fingerprint density at radius 3 is 3.00 bits per heavy atom. The van der Waals surface area contributed by atoms with Crippen molar-refractivity contribution in [2.75, 3.05) is 11.3 Å². The lowest BCUT2D eigenvalue weighted by Gasteiger charge is -2.07. The van der Waals surface area contributed by atoms with Crippen molar-refractivity contribution in [1.29, 1.82) is 0 Å². The third-order valence-electron chi connectivity index (χ3n) is 3.75. The molecule has 0 amide bonds. The molecule has 0 atom stereocenters. The van der Waals surface area contributed by atoms with Crippen LogP contribution in [-0.4, -0.2) is 24.8 Å². The monoisotopic (exact) mass is 305 g/mol. The summed E-state index contributed by atoms with van der Waals surface area (Å²) >= 11 is 0. The molecule has 7 heteroatoms. The molecule has 6 nitrogen and oxygen atoms in total. The lowest BCUT2D eigenvalue weighted by molar-refractivity contribution is 0.356. The third kappa shape index (κ3) is 2.37. The molecule has 0 radical (unpaired) electrons. The van der Waals surface area contributed by atoms with Gasteiger partial charge in [0.2, 0.25) is 0 Å². The van der Waals surface area contributed by atoms with Gasteiger partial charge in [-0.15, -0.1) is 0 Å². The minimum atomic E-state index is -3.59. The van der Waals surface area contributed by atoms with Crippen molar-refractivity contribution in [3.8, 4) is 5.75 Å². The predicted molar refractivity (Wildman–Crippen MR) is 76.9 cm³/mol. The van der Waals surface area contributed by atoms with Crippen LogP contribution in [0.3, 0.4) is 0 Å². The summed E-state index contributed by atoms with van der Waals surface area (Å²) in [5, 5.41) is 4.18. The number of hydrogen-bond donors (Lipinski definition) is 1. The van der Waals surface area contributed by atoms with Crippen LogP contribution in [0.15, 0.2) is 35.5 Å². The second-order valence-corrected chi connectivity index (χ2v) is 7.10. The summed E-state index contributed by atoms with van der Waals surface area (Å²) in [5.41, 5.74) is 1.44.